The first-order valence-corrected chi connectivity index (χ1v) is 8.97. The highest BCUT2D eigenvalue weighted by Crippen LogP contribution is 2.24. The number of rotatable bonds is 8. The van der Waals surface area contributed by atoms with Crippen molar-refractivity contribution in [2.45, 2.75) is 31.2 Å². The molecule has 0 aliphatic rings. The highest BCUT2D eigenvalue weighted by atomic mass is 35.5. The van der Waals surface area contributed by atoms with Crippen molar-refractivity contribution < 1.29 is 26.7 Å². The van der Waals surface area contributed by atoms with E-state index in [-0.39, 0.29) is 19.0 Å². The smallest absolute Gasteiger partial charge is 0.244 e. The van der Waals surface area contributed by atoms with Gasteiger partial charge in [-0.2, -0.15) is 0 Å². The van der Waals surface area contributed by atoms with Crippen molar-refractivity contribution in [1.29, 1.82) is 0 Å². The van der Waals surface area contributed by atoms with Crippen molar-refractivity contribution in [3.63, 3.8) is 0 Å². The lowest BCUT2D eigenvalue weighted by molar-refractivity contribution is -0.115. The predicted octanol–water partition coefficient (Wildman–Crippen LogP) is 1.64. The standard InChI is InChI=1S/C15H23F2N3O4S.ClH/c1-15(2,3)20-25(22,23)13-8-12(10(16)7-11(13)17)19-14(21)9-18-5-6-24-4;/h7-8,18,20H,5-6,9H2,1-4H3,(H,19,21);1H. The molecule has 26 heavy (non-hydrogen) atoms. The SMILES string of the molecule is COCCNCC(=O)Nc1cc(S(=O)(=O)NC(C)(C)C)c(F)cc1F.Cl. The van der Waals surface area contributed by atoms with E-state index in [4.69, 9.17) is 4.74 Å². The van der Waals surface area contributed by atoms with Gasteiger partial charge in [-0.1, -0.05) is 0 Å². The maximum absolute atomic E-state index is 13.9. The summed E-state index contributed by atoms with van der Waals surface area (Å²) in [6, 6.07) is 1.18. The number of ether oxygens (including phenoxy) is 1. The van der Waals surface area contributed by atoms with Crippen LogP contribution >= 0.6 is 12.4 Å². The fraction of sp³-hybridized carbons (Fsp3) is 0.533. The Morgan fingerprint density at radius 1 is 1.19 bits per heavy atom. The minimum absolute atomic E-state index is 0. The molecule has 1 aromatic carbocycles. The first kappa shape index (κ1) is 24.7. The topological polar surface area (TPSA) is 96.5 Å². The van der Waals surface area contributed by atoms with E-state index in [9.17, 15) is 22.0 Å². The second kappa shape index (κ2) is 10.1. The molecule has 0 aliphatic carbocycles. The number of halogens is 3. The average Bonchev–Trinajstić information content (AvgIpc) is 2.43. The van der Waals surface area contributed by atoms with E-state index < -0.39 is 43.7 Å². The third-order valence-electron chi connectivity index (χ3n) is 2.79. The van der Waals surface area contributed by atoms with Gasteiger partial charge in [0, 0.05) is 25.3 Å². The van der Waals surface area contributed by atoms with Crippen LogP contribution in [0.5, 0.6) is 0 Å². The Morgan fingerprint density at radius 2 is 1.81 bits per heavy atom. The van der Waals surface area contributed by atoms with E-state index >= 15 is 0 Å². The Hall–Kier alpha value is -1.33. The third-order valence-corrected chi connectivity index (χ3v) is 4.57. The number of nitrogens with one attached hydrogen (secondary N) is 3. The van der Waals surface area contributed by atoms with E-state index in [0.717, 1.165) is 6.07 Å². The fourth-order valence-corrected chi connectivity index (χ4v) is 3.36. The monoisotopic (exact) mass is 415 g/mol. The summed E-state index contributed by atoms with van der Waals surface area (Å²) in [5.74, 6) is -2.92. The van der Waals surface area contributed by atoms with Gasteiger partial charge >= 0.3 is 0 Å². The quantitative estimate of drug-likeness (QED) is 0.561. The summed E-state index contributed by atoms with van der Waals surface area (Å²) in [5.41, 5.74) is -1.27. The molecule has 1 amide bonds. The number of carbonyl (C=O) groups excluding carboxylic acids is 1. The summed E-state index contributed by atoms with van der Waals surface area (Å²) in [4.78, 5) is 11.0. The zero-order valence-corrected chi connectivity index (χ0v) is 16.6. The molecule has 0 bridgehead atoms. The Bertz CT molecular complexity index is 724. The number of methoxy groups -OCH3 is 1. The molecule has 3 N–H and O–H groups in total. The number of anilines is 1. The van der Waals surface area contributed by atoms with E-state index in [1.165, 1.54) is 7.11 Å². The molecule has 0 unspecified atom stereocenters. The number of carbonyl (C=O) groups is 1. The van der Waals surface area contributed by atoms with Gasteiger partial charge in [-0.25, -0.2) is 21.9 Å². The molecular formula is C15H24ClF2N3O4S. The van der Waals surface area contributed by atoms with Crippen LogP contribution in [0.2, 0.25) is 0 Å². The maximum Gasteiger partial charge on any atom is 0.244 e. The van der Waals surface area contributed by atoms with Gasteiger partial charge in [0.05, 0.1) is 18.8 Å². The summed E-state index contributed by atoms with van der Waals surface area (Å²) in [5, 5.41) is 4.96. The molecule has 0 saturated heterocycles. The van der Waals surface area contributed by atoms with E-state index in [1.54, 1.807) is 20.8 Å². The highest BCUT2D eigenvalue weighted by molar-refractivity contribution is 7.89. The summed E-state index contributed by atoms with van der Waals surface area (Å²) >= 11 is 0. The van der Waals surface area contributed by atoms with Crippen LogP contribution in [0.1, 0.15) is 20.8 Å². The number of hydrogen-bond acceptors (Lipinski definition) is 5. The average molecular weight is 416 g/mol. The maximum atomic E-state index is 13.9. The number of benzene rings is 1. The van der Waals surface area contributed by atoms with E-state index in [1.807, 2.05) is 0 Å². The van der Waals surface area contributed by atoms with Crippen LogP contribution in [0.4, 0.5) is 14.5 Å². The molecule has 11 heteroatoms. The minimum atomic E-state index is -4.22. The normalized spacial score (nSPS) is 11.8. The number of amides is 1. The molecule has 0 radical (unpaired) electrons. The first-order valence-electron chi connectivity index (χ1n) is 7.49. The molecule has 0 fully saturated rings. The lowest BCUT2D eigenvalue weighted by Gasteiger charge is -2.21. The molecule has 0 spiro atoms. The Labute approximate surface area is 158 Å². The second-order valence-electron chi connectivity index (χ2n) is 6.34. The van der Waals surface area contributed by atoms with Crippen LogP contribution < -0.4 is 15.4 Å². The second-order valence-corrected chi connectivity index (χ2v) is 7.99. The molecule has 150 valence electrons. The number of sulfonamides is 1. The summed E-state index contributed by atoms with van der Waals surface area (Å²) in [6.07, 6.45) is 0. The molecule has 0 saturated carbocycles. The van der Waals surface area contributed by atoms with Gasteiger partial charge in [0.25, 0.3) is 0 Å². The largest absolute Gasteiger partial charge is 0.383 e. The lowest BCUT2D eigenvalue weighted by Crippen LogP contribution is -2.40. The van der Waals surface area contributed by atoms with Crippen LogP contribution in [-0.4, -0.2) is 46.7 Å². The molecule has 1 rings (SSSR count). The molecule has 0 aliphatic heterocycles. The van der Waals surface area contributed by atoms with Crippen molar-refractivity contribution in [3.05, 3.63) is 23.8 Å². The van der Waals surface area contributed by atoms with Crippen LogP contribution in [0.25, 0.3) is 0 Å². The summed E-state index contributed by atoms with van der Waals surface area (Å²) in [6.45, 7) is 5.41. The lowest BCUT2D eigenvalue weighted by atomic mass is 10.1. The van der Waals surface area contributed by atoms with Crippen LogP contribution in [0, 0.1) is 11.6 Å². The van der Waals surface area contributed by atoms with Crippen molar-refractivity contribution >= 4 is 34.0 Å². The Kier molecular flexibility index (Phi) is 9.60. The van der Waals surface area contributed by atoms with E-state index in [0.29, 0.717) is 19.2 Å². The van der Waals surface area contributed by atoms with Gasteiger partial charge in [0.15, 0.2) is 0 Å². The third kappa shape index (κ3) is 7.92. The Balaban J connectivity index is 0.00000625. The summed E-state index contributed by atoms with van der Waals surface area (Å²) < 4.78 is 59.3. The van der Waals surface area contributed by atoms with Gasteiger partial charge in [-0.05, 0) is 26.8 Å². The van der Waals surface area contributed by atoms with Crippen molar-refractivity contribution in [3.8, 4) is 0 Å². The van der Waals surface area contributed by atoms with Crippen LogP contribution in [0.3, 0.4) is 0 Å². The minimum Gasteiger partial charge on any atom is -0.383 e. The highest BCUT2D eigenvalue weighted by Gasteiger charge is 2.26. The van der Waals surface area contributed by atoms with E-state index in [2.05, 4.69) is 15.4 Å². The summed E-state index contributed by atoms with van der Waals surface area (Å²) in [7, 11) is -2.72. The zero-order chi connectivity index (χ0) is 19.3. The van der Waals surface area contributed by atoms with Crippen LogP contribution in [0.15, 0.2) is 17.0 Å². The van der Waals surface area contributed by atoms with Gasteiger partial charge in [-0.15, -0.1) is 12.4 Å². The van der Waals surface area contributed by atoms with Gasteiger partial charge in [-0.3, -0.25) is 4.79 Å². The fourth-order valence-electron chi connectivity index (χ4n) is 1.86. The molecular weight excluding hydrogens is 392 g/mol. The van der Waals surface area contributed by atoms with Crippen molar-refractivity contribution in [2.24, 2.45) is 0 Å². The molecule has 0 heterocycles. The van der Waals surface area contributed by atoms with Gasteiger partial charge in [0.1, 0.15) is 16.5 Å². The molecule has 0 atom stereocenters. The first-order chi connectivity index (χ1) is 11.5. The molecule has 7 nitrogen and oxygen atoms in total. The van der Waals surface area contributed by atoms with Crippen molar-refractivity contribution in [2.75, 3.05) is 32.1 Å². The van der Waals surface area contributed by atoms with Crippen LogP contribution in [-0.2, 0) is 19.6 Å². The number of hydrogen-bond donors (Lipinski definition) is 3. The van der Waals surface area contributed by atoms with Gasteiger partial charge in [0.2, 0.25) is 15.9 Å². The zero-order valence-electron chi connectivity index (χ0n) is 15.0. The van der Waals surface area contributed by atoms with Gasteiger partial charge < -0.3 is 15.4 Å². The molecule has 1 aromatic rings. The predicted molar refractivity (Wildman–Crippen MR) is 97.1 cm³/mol. The Morgan fingerprint density at radius 3 is 2.35 bits per heavy atom. The van der Waals surface area contributed by atoms with Crippen molar-refractivity contribution in [1.82, 2.24) is 10.0 Å². The molecule has 0 aromatic heterocycles.